The minimum atomic E-state index is -0.874. The number of hydrogen-bond donors (Lipinski definition) is 1. The molecule has 1 amide bonds. The third-order valence-electron chi connectivity index (χ3n) is 4.42. The molecule has 0 saturated carbocycles. The number of anilines is 1. The predicted molar refractivity (Wildman–Crippen MR) is 109 cm³/mol. The van der Waals surface area contributed by atoms with Gasteiger partial charge in [-0.15, -0.1) is 0 Å². The van der Waals surface area contributed by atoms with Gasteiger partial charge in [0.25, 0.3) is 5.91 Å². The number of hydrogen-bond acceptors (Lipinski definition) is 3. The van der Waals surface area contributed by atoms with Crippen molar-refractivity contribution in [1.82, 2.24) is 4.57 Å². The number of carbonyl (C=O) groups is 2. The van der Waals surface area contributed by atoms with E-state index in [-0.39, 0.29) is 5.91 Å². The largest absolute Gasteiger partial charge is 0.449 e. The van der Waals surface area contributed by atoms with Gasteiger partial charge in [-0.3, -0.25) is 4.79 Å². The van der Waals surface area contributed by atoms with Gasteiger partial charge >= 0.3 is 5.97 Å². The Balaban J connectivity index is 1.85. The highest BCUT2D eigenvalue weighted by Gasteiger charge is 2.17. The zero-order valence-electron chi connectivity index (χ0n) is 16.1. The molecule has 3 aromatic rings. The van der Waals surface area contributed by atoms with Crippen molar-refractivity contribution in [2.45, 2.75) is 40.3 Å². The van der Waals surface area contributed by atoms with E-state index >= 15 is 0 Å². The molecule has 140 valence electrons. The fourth-order valence-corrected chi connectivity index (χ4v) is 3.21. The predicted octanol–water partition coefficient (Wildman–Crippen LogP) is 4.65. The number of aryl methyl sites for hydroxylation is 1. The Labute approximate surface area is 158 Å². The van der Waals surface area contributed by atoms with E-state index in [0.717, 1.165) is 28.4 Å². The van der Waals surface area contributed by atoms with Crippen molar-refractivity contribution in [3.8, 4) is 0 Å². The molecule has 0 aliphatic carbocycles. The lowest BCUT2D eigenvalue weighted by Crippen LogP contribution is -2.29. The van der Waals surface area contributed by atoms with E-state index < -0.39 is 12.1 Å². The average molecular weight is 364 g/mol. The highest BCUT2D eigenvalue weighted by atomic mass is 16.5. The van der Waals surface area contributed by atoms with E-state index in [0.29, 0.717) is 5.69 Å². The minimum absolute atomic E-state index is 0.357. The van der Waals surface area contributed by atoms with Gasteiger partial charge < -0.3 is 14.6 Å². The monoisotopic (exact) mass is 364 g/mol. The molecule has 1 unspecified atom stereocenters. The van der Waals surface area contributed by atoms with Crippen molar-refractivity contribution in [2.75, 3.05) is 5.32 Å². The van der Waals surface area contributed by atoms with Crippen molar-refractivity contribution in [3.63, 3.8) is 0 Å². The van der Waals surface area contributed by atoms with Crippen LogP contribution in [0.2, 0.25) is 0 Å². The molecule has 0 aliphatic heterocycles. The molecule has 1 N–H and O–H groups in total. The zero-order chi connectivity index (χ0) is 19.6. The van der Waals surface area contributed by atoms with Gasteiger partial charge in [0.05, 0.1) is 0 Å². The molecule has 0 saturated heterocycles. The molecular formula is C22H24N2O3. The smallest absolute Gasteiger partial charge is 0.331 e. The highest BCUT2D eigenvalue weighted by molar-refractivity contribution is 6.10. The second-order valence-corrected chi connectivity index (χ2v) is 6.78. The van der Waals surface area contributed by atoms with Gasteiger partial charge in [-0.2, -0.15) is 0 Å². The summed E-state index contributed by atoms with van der Waals surface area (Å²) in [6.45, 7) is 8.15. The summed E-state index contributed by atoms with van der Waals surface area (Å²) in [5.41, 5.74) is 3.80. The normalized spacial score (nSPS) is 12.0. The van der Waals surface area contributed by atoms with Crippen LogP contribution in [0, 0.1) is 0 Å². The molecule has 2 aromatic carbocycles. The number of rotatable bonds is 5. The molecule has 1 aromatic heterocycles. The Hall–Kier alpha value is -3.08. The van der Waals surface area contributed by atoms with Crippen LogP contribution in [0.1, 0.15) is 27.7 Å². The van der Waals surface area contributed by atoms with Crippen LogP contribution >= 0.6 is 0 Å². The van der Waals surface area contributed by atoms with E-state index in [9.17, 15) is 9.59 Å². The lowest BCUT2D eigenvalue weighted by Gasteiger charge is -2.13. The number of esters is 1. The van der Waals surface area contributed by atoms with E-state index in [1.165, 1.54) is 11.6 Å². The van der Waals surface area contributed by atoms with Gasteiger partial charge in [-0.05, 0) is 52.0 Å². The van der Waals surface area contributed by atoms with Crippen LogP contribution in [0.5, 0.6) is 0 Å². The first-order valence-corrected chi connectivity index (χ1v) is 9.08. The van der Waals surface area contributed by atoms with Crippen LogP contribution < -0.4 is 5.32 Å². The lowest BCUT2D eigenvalue weighted by atomic mass is 10.1. The first-order chi connectivity index (χ1) is 12.9. The third-order valence-corrected chi connectivity index (χ3v) is 4.42. The van der Waals surface area contributed by atoms with E-state index in [2.05, 4.69) is 28.9 Å². The van der Waals surface area contributed by atoms with Gasteiger partial charge in [-0.1, -0.05) is 23.8 Å². The molecule has 0 spiro atoms. The molecule has 0 radical (unpaired) electrons. The average Bonchev–Trinajstić information content (AvgIpc) is 2.94. The van der Waals surface area contributed by atoms with Gasteiger partial charge in [-0.25, -0.2) is 4.79 Å². The number of allylic oxidation sites excluding steroid dienone is 1. The van der Waals surface area contributed by atoms with Gasteiger partial charge in [0, 0.05) is 40.1 Å². The van der Waals surface area contributed by atoms with Crippen LogP contribution in [0.25, 0.3) is 21.8 Å². The summed E-state index contributed by atoms with van der Waals surface area (Å²) < 4.78 is 7.39. The van der Waals surface area contributed by atoms with Crippen molar-refractivity contribution >= 4 is 39.4 Å². The highest BCUT2D eigenvalue weighted by Crippen LogP contribution is 2.31. The molecule has 27 heavy (non-hydrogen) atoms. The van der Waals surface area contributed by atoms with Crippen LogP contribution in [-0.4, -0.2) is 22.5 Å². The molecule has 0 fully saturated rings. The Bertz CT molecular complexity index is 1040. The number of aromatic nitrogens is 1. The first-order valence-electron chi connectivity index (χ1n) is 9.08. The van der Waals surface area contributed by atoms with Gasteiger partial charge in [0.2, 0.25) is 0 Å². The molecule has 5 nitrogen and oxygen atoms in total. The summed E-state index contributed by atoms with van der Waals surface area (Å²) in [5.74, 6) is -0.872. The summed E-state index contributed by atoms with van der Waals surface area (Å²) in [7, 11) is 0. The van der Waals surface area contributed by atoms with Crippen molar-refractivity contribution < 1.29 is 14.3 Å². The van der Waals surface area contributed by atoms with Crippen LogP contribution in [-0.2, 0) is 20.9 Å². The molecular weight excluding hydrogens is 340 g/mol. The van der Waals surface area contributed by atoms with Crippen LogP contribution in [0.4, 0.5) is 5.69 Å². The van der Waals surface area contributed by atoms with Crippen molar-refractivity contribution in [1.29, 1.82) is 0 Å². The SMILES string of the molecule is CCn1c2ccccc2c2cc(NC(=O)C(C)OC(=O)C=C(C)C)ccc21. The molecule has 5 heteroatoms. The fraction of sp³-hybridized carbons (Fsp3) is 0.273. The maximum atomic E-state index is 12.4. The number of amides is 1. The second kappa shape index (κ2) is 7.66. The quantitative estimate of drug-likeness (QED) is 0.529. The lowest BCUT2D eigenvalue weighted by molar-refractivity contribution is -0.148. The molecule has 0 aliphatic rings. The first kappa shape index (κ1) is 18.7. The van der Waals surface area contributed by atoms with E-state index in [4.69, 9.17) is 4.74 Å². The number of nitrogens with zero attached hydrogens (tertiary/aromatic N) is 1. The minimum Gasteiger partial charge on any atom is -0.449 e. The topological polar surface area (TPSA) is 60.3 Å². The molecule has 1 heterocycles. The van der Waals surface area contributed by atoms with E-state index in [1.54, 1.807) is 20.8 Å². The molecule has 3 rings (SSSR count). The summed E-state index contributed by atoms with van der Waals surface area (Å²) in [5, 5.41) is 5.07. The number of ether oxygens (including phenoxy) is 1. The van der Waals surface area contributed by atoms with Crippen molar-refractivity contribution in [2.24, 2.45) is 0 Å². The Morgan fingerprint density at radius 2 is 1.81 bits per heavy atom. The Kier molecular flexibility index (Phi) is 5.31. The zero-order valence-corrected chi connectivity index (χ0v) is 16.1. The van der Waals surface area contributed by atoms with Gasteiger partial charge in [0.15, 0.2) is 6.10 Å². The number of para-hydroxylation sites is 1. The van der Waals surface area contributed by atoms with Crippen LogP contribution in [0.15, 0.2) is 54.1 Å². The summed E-state index contributed by atoms with van der Waals surface area (Å²) in [4.78, 5) is 24.1. The Morgan fingerprint density at radius 3 is 2.52 bits per heavy atom. The number of carbonyl (C=O) groups excluding carboxylic acids is 2. The number of benzene rings is 2. The molecule has 0 bridgehead atoms. The standard InChI is InChI=1S/C22H24N2O3/c1-5-24-19-9-7-6-8-17(19)18-13-16(10-11-20(18)24)23-22(26)15(4)27-21(25)12-14(2)3/h6-13,15H,5H2,1-4H3,(H,23,26). The Morgan fingerprint density at radius 1 is 1.11 bits per heavy atom. The molecule has 1 atom stereocenters. The third kappa shape index (κ3) is 3.87. The number of fused-ring (bicyclic) bond motifs is 3. The fourth-order valence-electron chi connectivity index (χ4n) is 3.21. The maximum absolute atomic E-state index is 12.4. The summed E-state index contributed by atoms with van der Waals surface area (Å²) in [6.07, 6.45) is 0.496. The maximum Gasteiger partial charge on any atom is 0.331 e. The number of nitrogens with one attached hydrogen (secondary N) is 1. The second-order valence-electron chi connectivity index (χ2n) is 6.78. The van der Waals surface area contributed by atoms with Crippen LogP contribution in [0.3, 0.4) is 0 Å². The van der Waals surface area contributed by atoms with Crippen molar-refractivity contribution in [3.05, 3.63) is 54.1 Å². The van der Waals surface area contributed by atoms with Gasteiger partial charge in [0.1, 0.15) is 0 Å². The van der Waals surface area contributed by atoms with E-state index in [1.807, 2.05) is 30.3 Å². The summed E-state index contributed by atoms with van der Waals surface area (Å²) >= 11 is 0. The summed E-state index contributed by atoms with van der Waals surface area (Å²) in [6, 6.07) is 14.1.